The number of hydrogen-bond acceptors (Lipinski definition) is 6. The molecule has 4 heterocycles. The maximum Gasteiger partial charge on any atom is 0.273 e. The van der Waals surface area contributed by atoms with Crippen molar-refractivity contribution in [1.29, 1.82) is 0 Å². The van der Waals surface area contributed by atoms with Gasteiger partial charge in [-0.3, -0.25) is 14.2 Å². The summed E-state index contributed by atoms with van der Waals surface area (Å²) >= 11 is 0. The van der Waals surface area contributed by atoms with Gasteiger partial charge in [0, 0.05) is 34.2 Å². The van der Waals surface area contributed by atoms with Crippen molar-refractivity contribution in [3.8, 4) is 0 Å². The standard InChI is InChI=1S/C17H22N8O.C2H7P.C2H6/c1-11-19-15-13(9-18-23(15)4)16(20-11)24-6-5-7-25-12(10-24)8-14(21-25)17(26)22(2)3;1-3-2;1-2/h8-9H,5-7,10H2,1-4H3;3H,1-2H3;1-2H3. The Morgan fingerprint density at radius 3 is 2.48 bits per heavy atom. The van der Waals surface area contributed by atoms with E-state index >= 15 is 0 Å². The van der Waals surface area contributed by atoms with E-state index in [4.69, 9.17) is 0 Å². The monoisotopic (exact) mass is 446 g/mol. The van der Waals surface area contributed by atoms with Gasteiger partial charge in [-0.1, -0.05) is 13.8 Å². The lowest BCUT2D eigenvalue weighted by atomic mass is 10.3. The van der Waals surface area contributed by atoms with Crippen molar-refractivity contribution in [2.45, 2.75) is 40.3 Å². The Morgan fingerprint density at radius 2 is 1.84 bits per heavy atom. The number of nitrogens with zero attached hydrogens (tertiary/aromatic N) is 8. The number of aromatic nitrogens is 6. The number of hydrogen-bond donors (Lipinski definition) is 0. The van der Waals surface area contributed by atoms with Gasteiger partial charge in [0.05, 0.1) is 23.8 Å². The van der Waals surface area contributed by atoms with Crippen molar-refractivity contribution in [3.05, 3.63) is 29.5 Å². The van der Waals surface area contributed by atoms with Crippen LogP contribution in [0.5, 0.6) is 0 Å². The van der Waals surface area contributed by atoms with Crippen molar-refractivity contribution in [2.24, 2.45) is 7.05 Å². The fourth-order valence-corrected chi connectivity index (χ4v) is 3.33. The van der Waals surface area contributed by atoms with Crippen LogP contribution in [-0.4, -0.2) is 74.3 Å². The molecule has 170 valence electrons. The zero-order valence-electron chi connectivity index (χ0n) is 20.0. The van der Waals surface area contributed by atoms with Crippen molar-refractivity contribution >= 4 is 31.3 Å². The fraction of sp³-hybridized carbons (Fsp3) is 0.571. The molecule has 0 unspecified atom stereocenters. The Bertz CT molecular complexity index is 1010. The lowest BCUT2D eigenvalue weighted by Gasteiger charge is -2.22. The van der Waals surface area contributed by atoms with Gasteiger partial charge in [-0.05, 0) is 32.7 Å². The molecular formula is C21H35N8OP. The van der Waals surface area contributed by atoms with Crippen LogP contribution in [0.25, 0.3) is 11.0 Å². The van der Waals surface area contributed by atoms with Crippen LogP contribution in [0.3, 0.4) is 0 Å². The van der Waals surface area contributed by atoms with Crippen LogP contribution in [0.15, 0.2) is 12.3 Å². The van der Waals surface area contributed by atoms with E-state index in [0.29, 0.717) is 12.2 Å². The predicted octanol–water partition coefficient (Wildman–Crippen LogP) is 2.93. The van der Waals surface area contributed by atoms with Crippen LogP contribution in [0.2, 0.25) is 0 Å². The van der Waals surface area contributed by atoms with Crippen molar-refractivity contribution in [2.75, 3.05) is 38.9 Å². The third kappa shape index (κ3) is 5.58. The molecule has 0 spiro atoms. The average Bonchev–Trinajstić information content (AvgIpc) is 3.26. The van der Waals surface area contributed by atoms with Gasteiger partial charge in [0.1, 0.15) is 11.6 Å². The number of fused-ring (bicyclic) bond motifs is 2. The highest BCUT2D eigenvalue weighted by atomic mass is 31.1. The summed E-state index contributed by atoms with van der Waals surface area (Å²) in [6.45, 7) is 12.5. The Morgan fingerprint density at radius 1 is 1.16 bits per heavy atom. The van der Waals surface area contributed by atoms with Crippen LogP contribution in [0, 0.1) is 6.92 Å². The summed E-state index contributed by atoms with van der Waals surface area (Å²) in [5.41, 5.74) is 2.33. The summed E-state index contributed by atoms with van der Waals surface area (Å²) in [7, 11) is 6.44. The predicted molar refractivity (Wildman–Crippen MR) is 128 cm³/mol. The number of carbonyl (C=O) groups excluding carboxylic acids is 1. The molecule has 4 rings (SSSR count). The molecule has 0 bridgehead atoms. The fourth-order valence-electron chi connectivity index (χ4n) is 3.33. The van der Waals surface area contributed by atoms with E-state index in [2.05, 4.69) is 38.4 Å². The maximum atomic E-state index is 12.2. The first-order valence-electron chi connectivity index (χ1n) is 10.6. The summed E-state index contributed by atoms with van der Waals surface area (Å²) in [4.78, 5) is 25.2. The molecule has 1 amide bonds. The van der Waals surface area contributed by atoms with Crippen LogP contribution in [0.4, 0.5) is 5.82 Å². The molecule has 0 saturated heterocycles. The van der Waals surface area contributed by atoms with E-state index in [1.165, 1.54) is 0 Å². The molecule has 0 saturated carbocycles. The minimum Gasteiger partial charge on any atom is -0.350 e. The molecule has 31 heavy (non-hydrogen) atoms. The van der Waals surface area contributed by atoms with E-state index in [9.17, 15) is 4.79 Å². The van der Waals surface area contributed by atoms with Crippen LogP contribution >= 0.6 is 8.58 Å². The Hall–Kier alpha value is -2.54. The molecule has 3 aromatic heterocycles. The second-order valence-corrected chi connectivity index (χ2v) is 8.32. The van der Waals surface area contributed by atoms with Crippen LogP contribution in [-0.2, 0) is 20.1 Å². The number of amides is 1. The molecule has 1 aliphatic rings. The van der Waals surface area contributed by atoms with Gasteiger partial charge >= 0.3 is 0 Å². The van der Waals surface area contributed by atoms with Crippen LogP contribution < -0.4 is 4.90 Å². The van der Waals surface area contributed by atoms with Gasteiger partial charge in [0.25, 0.3) is 5.91 Å². The molecule has 0 fully saturated rings. The van der Waals surface area contributed by atoms with Gasteiger partial charge in [0.15, 0.2) is 11.3 Å². The Labute approximate surface area is 186 Å². The van der Waals surface area contributed by atoms with Gasteiger partial charge in [-0.15, -0.1) is 8.58 Å². The summed E-state index contributed by atoms with van der Waals surface area (Å²) in [6, 6.07) is 1.88. The van der Waals surface area contributed by atoms with Crippen molar-refractivity contribution < 1.29 is 4.79 Å². The summed E-state index contributed by atoms with van der Waals surface area (Å²) < 4.78 is 3.70. The lowest BCUT2D eigenvalue weighted by Crippen LogP contribution is -2.24. The summed E-state index contributed by atoms with van der Waals surface area (Å²) in [5, 5.41) is 9.76. The van der Waals surface area contributed by atoms with Gasteiger partial charge in [-0.2, -0.15) is 10.2 Å². The molecule has 10 heteroatoms. The lowest BCUT2D eigenvalue weighted by molar-refractivity contribution is 0.0821. The molecule has 0 aromatic carbocycles. The Balaban J connectivity index is 0.000000630. The molecule has 9 nitrogen and oxygen atoms in total. The number of aryl methyl sites for hydroxylation is 3. The number of carbonyl (C=O) groups is 1. The SMILES string of the molecule is CC.CPC.Cc1nc(N2CCCn3nc(C(=O)N(C)C)cc3C2)c2cnn(C)c2n1. The second-order valence-electron chi connectivity index (χ2n) is 7.32. The molecule has 3 aromatic rings. The van der Waals surface area contributed by atoms with E-state index in [1.807, 2.05) is 44.8 Å². The molecule has 0 radical (unpaired) electrons. The molecule has 0 N–H and O–H groups in total. The summed E-state index contributed by atoms with van der Waals surface area (Å²) in [6.07, 6.45) is 2.74. The largest absolute Gasteiger partial charge is 0.350 e. The topological polar surface area (TPSA) is 85.0 Å². The van der Waals surface area contributed by atoms with Gasteiger partial charge < -0.3 is 9.80 Å². The quantitative estimate of drug-likeness (QED) is 0.563. The van der Waals surface area contributed by atoms with E-state index in [-0.39, 0.29) is 5.91 Å². The zero-order chi connectivity index (χ0) is 23.1. The first-order chi connectivity index (χ1) is 14.8. The van der Waals surface area contributed by atoms with Crippen molar-refractivity contribution in [1.82, 2.24) is 34.4 Å². The molecule has 0 atom stereocenters. The molecule has 0 aliphatic carbocycles. The zero-order valence-corrected chi connectivity index (χ0v) is 21.0. The summed E-state index contributed by atoms with van der Waals surface area (Å²) in [5.74, 6) is 1.53. The highest BCUT2D eigenvalue weighted by Gasteiger charge is 2.23. The molecule has 1 aliphatic heterocycles. The average molecular weight is 447 g/mol. The highest BCUT2D eigenvalue weighted by Crippen LogP contribution is 2.26. The van der Waals surface area contributed by atoms with Crippen LogP contribution in [0.1, 0.15) is 42.3 Å². The minimum atomic E-state index is -0.0790. The Kier molecular flexibility index (Phi) is 8.92. The first-order valence-corrected chi connectivity index (χ1v) is 12.6. The molecular weight excluding hydrogens is 411 g/mol. The van der Waals surface area contributed by atoms with Crippen molar-refractivity contribution in [3.63, 3.8) is 0 Å². The third-order valence-corrected chi connectivity index (χ3v) is 4.62. The smallest absolute Gasteiger partial charge is 0.273 e. The highest BCUT2D eigenvalue weighted by molar-refractivity contribution is 7.35. The van der Waals surface area contributed by atoms with Gasteiger partial charge in [-0.25, -0.2) is 9.97 Å². The number of anilines is 1. The van der Waals surface area contributed by atoms with E-state index in [0.717, 1.165) is 56.5 Å². The first kappa shape index (κ1) is 24.7. The normalized spacial score (nSPS) is 12.8. The van der Waals surface area contributed by atoms with Gasteiger partial charge in [0.2, 0.25) is 0 Å². The van der Waals surface area contributed by atoms with E-state index < -0.39 is 0 Å². The second kappa shape index (κ2) is 11.2. The number of rotatable bonds is 2. The third-order valence-electron chi connectivity index (χ3n) is 4.62. The minimum absolute atomic E-state index is 0.0790. The van der Waals surface area contributed by atoms with E-state index in [1.54, 1.807) is 23.7 Å². The maximum absolute atomic E-state index is 12.2.